The quantitative estimate of drug-likeness (QED) is 0.623. The van der Waals surface area contributed by atoms with Crippen molar-refractivity contribution in [2.45, 2.75) is 38.4 Å². The van der Waals surface area contributed by atoms with Gasteiger partial charge in [-0.3, -0.25) is 23.9 Å². The zero-order chi connectivity index (χ0) is 17.1. The smallest absolute Gasteiger partial charge is 0.330 e. The van der Waals surface area contributed by atoms with Gasteiger partial charge in [0.2, 0.25) is 0 Å². The molecule has 1 aromatic rings. The molecule has 23 heavy (non-hydrogen) atoms. The Balaban J connectivity index is 2.43. The van der Waals surface area contributed by atoms with Crippen molar-refractivity contribution >= 4 is 11.9 Å². The molecule has 0 radical (unpaired) electrons. The first-order valence-electron chi connectivity index (χ1n) is 6.75. The Hall–Kier alpha value is -2.46. The van der Waals surface area contributed by atoms with Crippen molar-refractivity contribution in [2.24, 2.45) is 0 Å². The van der Waals surface area contributed by atoms with Crippen molar-refractivity contribution < 1.29 is 28.9 Å². The van der Waals surface area contributed by atoms with Crippen LogP contribution >= 0.6 is 0 Å². The van der Waals surface area contributed by atoms with E-state index in [0.29, 0.717) is 0 Å². The molecule has 1 aliphatic rings. The van der Waals surface area contributed by atoms with E-state index >= 15 is 0 Å². The number of hydrogen-bond acceptors (Lipinski definition) is 8. The number of aliphatic hydroxyl groups excluding tert-OH is 1. The topological polar surface area (TPSA) is 137 Å². The summed E-state index contributed by atoms with van der Waals surface area (Å²) in [4.78, 5) is 47.6. The van der Waals surface area contributed by atoms with Gasteiger partial charge < -0.3 is 19.3 Å². The average Bonchev–Trinajstić information content (AvgIpc) is 2.76. The Morgan fingerprint density at radius 1 is 1.26 bits per heavy atom. The summed E-state index contributed by atoms with van der Waals surface area (Å²) >= 11 is 0. The van der Waals surface area contributed by atoms with Gasteiger partial charge in [0.05, 0.1) is 6.61 Å². The molecule has 1 saturated heterocycles. The lowest BCUT2D eigenvalue weighted by Gasteiger charge is -2.23. The highest BCUT2D eigenvalue weighted by Crippen LogP contribution is 2.32. The molecule has 126 valence electrons. The average molecular weight is 328 g/mol. The molecule has 10 nitrogen and oxygen atoms in total. The largest absolute Gasteiger partial charge is 0.456 e. The number of ether oxygens (including phenoxy) is 3. The van der Waals surface area contributed by atoms with Gasteiger partial charge in [0.1, 0.15) is 6.10 Å². The fraction of sp³-hybridized carbons (Fsp3) is 0.538. The third-order valence-corrected chi connectivity index (χ3v) is 3.19. The summed E-state index contributed by atoms with van der Waals surface area (Å²) in [5.74, 6) is -1.35. The molecule has 2 heterocycles. The van der Waals surface area contributed by atoms with Crippen molar-refractivity contribution in [1.82, 2.24) is 9.55 Å². The van der Waals surface area contributed by atoms with Crippen LogP contribution in [-0.4, -0.2) is 51.5 Å². The van der Waals surface area contributed by atoms with Crippen LogP contribution in [0.3, 0.4) is 0 Å². The molecule has 10 heteroatoms. The van der Waals surface area contributed by atoms with Gasteiger partial charge in [-0.1, -0.05) is 0 Å². The van der Waals surface area contributed by atoms with Crippen molar-refractivity contribution in [2.75, 3.05) is 6.61 Å². The van der Waals surface area contributed by atoms with E-state index in [1.807, 2.05) is 4.98 Å². The summed E-state index contributed by atoms with van der Waals surface area (Å²) in [6.45, 7) is 1.77. The Labute approximate surface area is 129 Å². The molecule has 0 unspecified atom stereocenters. The van der Waals surface area contributed by atoms with E-state index in [2.05, 4.69) is 0 Å². The second-order valence-electron chi connectivity index (χ2n) is 4.91. The summed E-state index contributed by atoms with van der Waals surface area (Å²) < 4.78 is 16.6. The second-order valence-corrected chi connectivity index (χ2v) is 4.91. The lowest BCUT2D eigenvalue weighted by molar-refractivity contribution is -0.165. The van der Waals surface area contributed by atoms with Crippen LogP contribution in [0.1, 0.15) is 20.1 Å². The van der Waals surface area contributed by atoms with E-state index in [4.69, 9.17) is 14.2 Å². The third-order valence-electron chi connectivity index (χ3n) is 3.19. The van der Waals surface area contributed by atoms with Crippen LogP contribution in [-0.2, 0) is 23.8 Å². The summed E-state index contributed by atoms with van der Waals surface area (Å²) in [7, 11) is 0. The number of nitrogens with zero attached hydrogens (tertiary/aromatic N) is 1. The number of aliphatic hydroxyl groups is 1. The number of rotatable bonds is 4. The maximum atomic E-state index is 11.9. The molecule has 2 rings (SSSR count). The molecule has 0 spiro atoms. The number of aromatic amines is 1. The molecule has 2 N–H and O–H groups in total. The fourth-order valence-corrected chi connectivity index (χ4v) is 2.36. The van der Waals surface area contributed by atoms with Crippen LogP contribution in [0.15, 0.2) is 21.9 Å². The lowest BCUT2D eigenvalue weighted by atomic mass is 10.1. The van der Waals surface area contributed by atoms with Gasteiger partial charge >= 0.3 is 17.6 Å². The molecular formula is C13H16N2O8. The zero-order valence-electron chi connectivity index (χ0n) is 12.4. The Morgan fingerprint density at radius 3 is 2.39 bits per heavy atom. The number of aromatic nitrogens is 2. The normalized spacial score (nSPS) is 26.7. The molecule has 1 aliphatic heterocycles. The first-order valence-corrected chi connectivity index (χ1v) is 6.75. The standard InChI is InChI=1S/C13H16N2O8/c1-6(17)21-10-8(5-16)23-12(11(10)22-7(2)18)15-4-3-9(19)14-13(15)20/h3-4,8,10-12,16H,5H2,1-2H3,(H,14,19,20)/t8-,10-,11-,12+/m1/s1. The molecular weight excluding hydrogens is 312 g/mol. The summed E-state index contributed by atoms with van der Waals surface area (Å²) in [6, 6.07) is 1.09. The van der Waals surface area contributed by atoms with Gasteiger partial charge in [0, 0.05) is 26.1 Å². The summed E-state index contributed by atoms with van der Waals surface area (Å²) in [6.07, 6.45) is -3.24. The van der Waals surface area contributed by atoms with Gasteiger partial charge in [-0.2, -0.15) is 0 Å². The van der Waals surface area contributed by atoms with Gasteiger partial charge in [0.15, 0.2) is 18.4 Å². The SMILES string of the molecule is CC(=O)O[C@@H]1[C@H](OC(C)=O)[C@@H](CO)O[C@@H]1n1ccc(=O)[nH]c1=O. The predicted octanol–water partition coefficient (Wildman–Crippen LogP) is -1.71. The molecule has 1 fully saturated rings. The maximum absolute atomic E-state index is 11.9. The molecule has 1 aromatic heterocycles. The van der Waals surface area contributed by atoms with E-state index in [-0.39, 0.29) is 0 Å². The van der Waals surface area contributed by atoms with Gasteiger partial charge in [-0.25, -0.2) is 4.79 Å². The van der Waals surface area contributed by atoms with Gasteiger partial charge in [0.25, 0.3) is 5.56 Å². The van der Waals surface area contributed by atoms with Gasteiger partial charge in [-0.05, 0) is 0 Å². The van der Waals surface area contributed by atoms with Crippen LogP contribution in [0, 0.1) is 0 Å². The number of nitrogens with one attached hydrogen (secondary N) is 1. The molecule has 0 amide bonds. The summed E-state index contributed by atoms with van der Waals surface area (Å²) in [5.41, 5.74) is -1.40. The Bertz CT molecular complexity index is 708. The lowest BCUT2D eigenvalue weighted by Crippen LogP contribution is -2.42. The predicted molar refractivity (Wildman–Crippen MR) is 73.4 cm³/mol. The van der Waals surface area contributed by atoms with Crippen molar-refractivity contribution in [3.05, 3.63) is 33.1 Å². The second kappa shape index (κ2) is 6.75. The van der Waals surface area contributed by atoms with Crippen LogP contribution in [0.2, 0.25) is 0 Å². The van der Waals surface area contributed by atoms with E-state index < -0.39 is 54.3 Å². The third kappa shape index (κ3) is 3.66. The van der Waals surface area contributed by atoms with E-state index in [1.54, 1.807) is 0 Å². The van der Waals surface area contributed by atoms with Crippen LogP contribution < -0.4 is 11.2 Å². The number of esters is 2. The first-order chi connectivity index (χ1) is 10.8. The van der Waals surface area contributed by atoms with E-state index in [9.17, 15) is 24.3 Å². The number of H-pyrrole nitrogens is 1. The molecule has 4 atom stereocenters. The molecule has 0 bridgehead atoms. The maximum Gasteiger partial charge on any atom is 0.330 e. The van der Waals surface area contributed by atoms with E-state index in [0.717, 1.165) is 30.7 Å². The van der Waals surface area contributed by atoms with Crippen LogP contribution in [0.25, 0.3) is 0 Å². The molecule has 0 aliphatic carbocycles. The Kier molecular flexibility index (Phi) is 4.96. The highest BCUT2D eigenvalue weighted by Gasteiger charge is 2.50. The summed E-state index contributed by atoms with van der Waals surface area (Å²) in [5, 5.41) is 9.38. The highest BCUT2D eigenvalue weighted by atomic mass is 16.6. The van der Waals surface area contributed by atoms with Crippen LogP contribution in [0.5, 0.6) is 0 Å². The number of carbonyl (C=O) groups excluding carboxylic acids is 2. The van der Waals surface area contributed by atoms with Crippen molar-refractivity contribution in [3.8, 4) is 0 Å². The minimum absolute atomic E-state index is 0.523. The van der Waals surface area contributed by atoms with Crippen molar-refractivity contribution in [1.29, 1.82) is 0 Å². The minimum Gasteiger partial charge on any atom is -0.456 e. The van der Waals surface area contributed by atoms with Crippen molar-refractivity contribution in [3.63, 3.8) is 0 Å². The zero-order valence-corrected chi connectivity index (χ0v) is 12.4. The Morgan fingerprint density at radius 2 is 1.87 bits per heavy atom. The fourth-order valence-electron chi connectivity index (χ4n) is 2.36. The van der Waals surface area contributed by atoms with Crippen LogP contribution in [0.4, 0.5) is 0 Å². The minimum atomic E-state index is -1.16. The first kappa shape index (κ1) is 16.9. The molecule has 0 saturated carbocycles. The highest BCUT2D eigenvalue weighted by molar-refractivity contribution is 5.67. The van der Waals surface area contributed by atoms with E-state index in [1.165, 1.54) is 0 Å². The van der Waals surface area contributed by atoms with Gasteiger partial charge in [-0.15, -0.1) is 0 Å². The number of hydrogen-bond donors (Lipinski definition) is 2. The number of carbonyl (C=O) groups is 2. The molecule has 0 aromatic carbocycles. The monoisotopic (exact) mass is 328 g/mol.